The van der Waals surface area contributed by atoms with Crippen LogP contribution in [0.2, 0.25) is 0 Å². The quantitative estimate of drug-likeness (QED) is 0.842. The Labute approximate surface area is 98.9 Å². The molecule has 0 aliphatic rings. The van der Waals surface area contributed by atoms with Crippen LogP contribution in [0.15, 0.2) is 24.3 Å². The molecule has 0 aromatic heterocycles. The fourth-order valence-corrected chi connectivity index (χ4v) is 1.56. The summed E-state index contributed by atoms with van der Waals surface area (Å²) in [6.45, 7) is 8.44. The Morgan fingerprint density at radius 1 is 1.25 bits per heavy atom. The van der Waals surface area contributed by atoms with Crippen molar-refractivity contribution in [2.75, 3.05) is 11.9 Å². The highest BCUT2D eigenvalue weighted by Crippen LogP contribution is 2.25. The molecule has 90 valence electrons. The molecule has 0 saturated heterocycles. The van der Waals surface area contributed by atoms with Gasteiger partial charge in [-0.1, -0.05) is 19.1 Å². The van der Waals surface area contributed by atoms with Gasteiger partial charge in [0.05, 0.1) is 6.10 Å². The van der Waals surface area contributed by atoms with E-state index in [0.29, 0.717) is 0 Å². The Morgan fingerprint density at radius 2 is 1.75 bits per heavy atom. The summed E-state index contributed by atoms with van der Waals surface area (Å²) in [6.07, 6.45) is 0.709. The molecule has 1 aromatic carbocycles. The molecule has 1 atom stereocenters. The highest BCUT2D eigenvalue weighted by atomic mass is 16.3. The molecule has 1 N–H and O–H groups in total. The average molecular weight is 221 g/mol. The third kappa shape index (κ3) is 2.76. The van der Waals surface area contributed by atoms with Crippen molar-refractivity contribution in [1.29, 1.82) is 0 Å². The van der Waals surface area contributed by atoms with Crippen LogP contribution in [0.4, 0.5) is 5.69 Å². The first-order chi connectivity index (χ1) is 7.38. The maximum absolute atomic E-state index is 9.45. The van der Waals surface area contributed by atoms with Gasteiger partial charge in [-0.05, 0) is 44.9 Å². The number of anilines is 1. The second-order valence-electron chi connectivity index (χ2n) is 4.99. The number of nitrogens with zero attached hydrogens (tertiary/aromatic N) is 1. The molecule has 1 rings (SSSR count). The Balaban J connectivity index is 2.90. The number of hydrogen-bond donors (Lipinski definition) is 1. The second kappa shape index (κ2) is 4.88. The Morgan fingerprint density at radius 3 is 2.12 bits per heavy atom. The summed E-state index contributed by atoms with van der Waals surface area (Å²) < 4.78 is 0. The molecule has 0 saturated carbocycles. The SMILES string of the molecule is CCC(C)(C)N(C)c1ccc(C(C)O)cc1. The van der Waals surface area contributed by atoms with E-state index >= 15 is 0 Å². The molecular formula is C14H23NO. The van der Waals surface area contributed by atoms with Crippen molar-refractivity contribution >= 4 is 5.69 Å². The van der Waals surface area contributed by atoms with Gasteiger partial charge >= 0.3 is 0 Å². The Kier molecular flexibility index (Phi) is 3.98. The lowest BCUT2D eigenvalue weighted by molar-refractivity contribution is 0.199. The van der Waals surface area contributed by atoms with Crippen LogP contribution in [-0.2, 0) is 0 Å². The summed E-state index contributed by atoms with van der Waals surface area (Å²) in [5, 5.41) is 9.45. The van der Waals surface area contributed by atoms with Crippen molar-refractivity contribution in [3.63, 3.8) is 0 Å². The van der Waals surface area contributed by atoms with Crippen molar-refractivity contribution in [2.45, 2.75) is 45.8 Å². The van der Waals surface area contributed by atoms with Gasteiger partial charge in [0.2, 0.25) is 0 Å². The highest BCUT2D eigenvalue weighted by Gasteiger charge is 2.21. The van der Waals surface area contributed by atoms with E-state index < -0.39 is 6.10 Å². The fraction of sp³-hybridized carbons (Fsp3) is 0.571. The maximum Gasteiger partial charge on any atom is 0.0761 e. The zero-order chi connectivity index (χ0) is 12.3. The molecule has 0 spiro atoms. The molecule has 0 radical (unpaired) electrons. The molecule has 0 fully saturated rings. The van der Waals surface area contributed by atoms with Crippen LogP contribution in [0.3, 0.4) is 0 Å². The van der Waals surface area contributed by atoms with Crippen molar-refractivity contribution in [3.8, 4) is 0 Å². The van der Waals surface area contributed by atoms with E-state index in [0.717, 1.165) is 12.0 Å². The number of rotatable bonds is 4. The molecule has 2 nitrogen and oxygen atoms in total. The zero-order valence-electron chi connectivity index (χ0n) is 11.0. The van der Waals surface area contributed by atoms with Gasteiger partial charge in [0.1, 0.15) is 0 Å². The van der Waals surface area contributed by atoms with Crippen molar-refractivity contribution in [1.82, 2.24) is 0 Å². The summed E-state index contributed by atoms with van der Waals surface area (Å²) in [6, 6.07) is 8.11. The molecule has 0 amide bonds. The maximum atomic E-state index is 9.45. The summed E-state index contributed by atoms with van der Waals surface area (Å²) in [7, 11) is 2.11. The van der Waals surface area contributed by atoms with Crippen LogP contribution in [-0.4, -0.2) is 17.7 Å². The van der Waals surface area contributed by atoms with Crippen molar-refractivity contribution in [2.24, 2.45) is 0 Å². The Bertz CT molecular complexity index is 327. The van der Waals surface area contributed by atoms with Crippen molar-refractivity contribution in [3.05, 3.63) is 29.8 Å². The van der Waals surface area contributed by atoms with Crippen LogP contribution < -0.4 is 4.90 Å². The van der Waals surface area contributed by atoms with E-state index in [2.05, 4.69) is 44.9 Å². The minimum absolute atomic E-state index is 0.159. The Hall–Kier alpha value is -1.02. The van der Waals surface area contributed by atoms with E-state index in [1.807, 2.05) is 12.1 Å². The number of benzene rings is 1. The smallest absolute Gasteiger partial charge is 0.0761 e. The third-order valence-electron chi connectivity index (χ3n) is 3.54. The zero-order valence-corrected chi connectivity index (χ0v) is 11.0. The monoisotopic (exact) mass is 221 g/mol. The van der Waals surface area contributed by atoms with Crippen LogP contribution in [0.1, 0.15) is 45.8 Å². The molecule has 0 bridgehead atoms. The molecule has 1 aromatic rings. The summed E-state index contributed by atoms with van der Waals surface area (Å²) in [5.41, 5.74) is 2.31. The van der Waals surface area contributed by atoms with E-state index in [4.69, 9.17) is 0 Å². The third-order valence-corrected chi connectivity index (χ3v) is 3.54. The lowest BCUT2D eigenvalue weighted by Crippen LogP contribution is -2.40. The molecule has 2 heteroatoms. The van der Waals surface area contributed by atoms with Gasteiger partial charge in [0, 0.05) is 18.3 Å². The number of hydrogen-bond acceptors (Lipinski definition) is 2. The van der Waals surface area contributed by atoms with Crippen LogP contribution in [0, 0.1) is 0 Å². The lowest BCUT2D eigenvalue weighted by Gasteiger charge is -2.37. The standard InChI is InChI=1S/C14H23NO/c1-6-14(3,4)15(5)13-9-7-12(8-10-13)11(2)16/h7-11,16H,6H2,1-5H3. The highest BCUT2D eigenvalue weighted by molar-refractivity contribution is 5.49. The summed E-state index contributed by atoms with van der Waals surface area (Å²) >= 11 is 0. The van der Waals surface area contributed by atoms with E-state index in [1.54, 1.807) is 6.92 Å². The first-order valence-corrected chi connectivity index (χ1v) is 5.90. The van der Waals surface area contributed by atoms with E-state index in [1.165, 1.54) is 5.69 Å². The van der Waals surface area contributed by atoms with Crippen molar-refractivity contribution < 1.29 is 5.11 Å². The minimum Gasteiger partial charge on any atom is -0.389 e. The number of aliphatic hydroxyl groups is 1. The molecule has 16 heavy (non-hydrogen) atoms. The van der Waals surface area contributed by atoms with Gasteiger partial charge in [-0.15, -0.1) is 0 Å². The molecule has 1 unspecified atom stereocenters. The van der Waals surface area contributed by atoms with Gasteiger partial charge in [-0.3, -0.25) is 0 Å². The summed E-state index contributed by atoms with van der Waals surface area (Å²) in [4.78, 5) is 2.28. The molecule has 0 heterocycles. The topological polar surface area (TPSA) is 23.5 Å². The predicted octanol–water partition coefficient (Wildman–Crippen LogP) is 3.36. The first kappa shape index (κ1) is 13.0. The van der Waals surface area contributed by atoms with Crippen LogP contribution in [0.5, 0.6) is 0 Å². The molecule has 0 aliphatic heterocycles. The second-order valence-corrected chi connectivity index (χ2v) is 4.99. The van der Waals surface area contributed by atoms with Gasteiger partial charge < -0.3 is 10.0 Å². The number of aliphatic hydroxyl groups excluding tert-OH is 1. The normalized spacial score (nSPS) is 13.6. The van der Waals surface area contributed by atoms with Gasteiger partial charge in [0.15, 0.2) is 0 Å². The predicted molar refractivity (Wildman–Crippen MR) is 69.8 cm³/mol. The average Bonchev–Trinajstić information content (AvgIpc) is 2.28. The molecular weight excluding hydrogens is 198 g/mol. The first-order valence-electron chi connectivity index (χ1n) is 5.90. The largest absolute Gasteiger partial charge is 0.389 e. The van der Waals surface area contributed by atoms with Crippen LogP contribution in [0.25, 0.3) is 0 Å². The fourth-order valence-electron chi connectivity index (χ4n) is 1.56. The van der Waals surface area contributed by atoms with Crippen LogP contribution >= 0.6 is 0 Å². The van der Waals surface area contributed by atoms with Gasteiger partial charge in [0.25, 0.3) is 0 Å². The summed E-state index contributed by atoms with van der Waals surface area (Å²) in [5.74, 6) is 0. The lowest BCUT2D eigenvalue weighted by atomic mass is 9.99. The molecule has 0 aliphatic carbocycles. The minimum atomic E-state index is -0.390. The van der Waals surface area contributed by atoms with Gasteiger partial charge in [-0.2, -0.15) is 0 Å². The van der Waals surface area contributed by atoms with Gasteiger partial charge in [-0.25, -0.2) is 0 Å². The van der Waals surface area contributed by atoms with E-state index in [9.17, 15) is 5.11 Å². The van der Waals surface area contributed by atoms with E-state index in [-0.39, 0.29) is 5.54 Å².